The van der Waals surface area contributed by atoms with Crippen LogP contribution in [0, 0.1) is 5.92 Å². The van der Waals surface area contributed by atoms with Gasteiger partial charge in [0, 0.05) is 6.04 Å². The maximum Gasteiger partial charge on any atom is 0.328 e. The van der Waals surface area contributed by atoms with Crippen molar-refractivity contribution in [2.45, 2.75) is 63.6 Å². The number of methoxy groups -OCH3 is 1. The largest absolute Gasteiger partial charge is 0.468 e. The first-order valence-corrected chi connectivity index (χ1v) is 6.87. The molecule has 0 aliphatic heterocycles. The van der Waals surface area contributed by atoms with Crippen LogP contribution in [0.25, 0.3) is 0 Å². The number of ether oxygens (including phenoxy) is 2. The molecule has 0 spiro atoms. The summed E-state index contributed by atoms with van der Waals surface area (Å²) in [6, 6.07) is 0.466. The van der Waals surface area contributed by atoms with Crippen LogP contribution in [0.2, 0.25) is 0 Å². The van der Waals surface area contributed by atoms with Crippen molar-refractivity contribution >= 4 is 5.97 Å². The van der Waals surface area contributed by atoms with E-state index in [0.717, 1.165) is 25.7 Å². The molecule has 0 bridgehead atoms. The lowest BCUT2D eigenvalue weighted by Gasteiger charge is -2.35. The summed E-state index contributed by atoms with van der Waals surface area (Å²) in [6.07, 6.45) is 4.48. The third kappa shape index (κ3) is 3.23. The Balaban J connectivity index is 2.10. The molecule has 18 heavy (non-hydrogen) atoms. The first-order valence-electron chi connectivity index (χ1n) is 6.87. The van der Waals surface area contributed by atoms with Crippen LogP contribution in [0.15, 0.2) is 0 Å². The third-order valence-electron chi connectivity index (χ3n) is 3.60. The van der Waals surface area contributed by atoms with Crippen LogP contribution in [0.4, 0.5) is 0 Å². The van der Waals surface area contributed by atoms with Crippen LogP contribution in [-0.4, -0.2) is 36.9 Å². The summed E-state index contributed by atoms with van der Waals surface area (Å²) in [5.74, 6) is 0.203. The topological polar surface area (TPSA) is 47.6 Å². The fraction of sp³-hybridized carbons (Fsp3) is 0.929. The van der Waals surface area contributed by atoms with Crippen LogP contribution in [0.3, 0.4) is 0 Å². The molecule has 104 valence electrons. The molecule has 1 atom stereocenters. The highest BCUT2D eigenvalue weighted by Crippen LogP contribution is 2.43. The second-order valence-corrected chi connectivity index (χ2v) is 6.56. The van der Waals surface area contributed by atoms with Gasteiger partial charge in [-0.15, -0.1) is 0 Å². The zero-order valence-electron chi connectivity index (χ0n) is 11.9. The molecule has 2 saturated carbocycles. The Hall–Kier alpha value is -0.610. The minimum atomic E-state index is -0.622. The standard InChI is InChI=1S/C14H25NO3/c1-13(2,3)18-9-14(10-5-6-10,12(16)17-4)15-11-7-8-11/h10-11,15H,5-9H2,1-4H3. The van der Waals surface area contributed by atoms with E-state index in [4.69, 9.17) is 9.47 Å². The van der Waals surface area contributed by atoms with E-state index in [0.29, 0.717) is 18.6 Å². The number of hydrogen-bond donors (Lipinski definition) is 1. The van der Waals surface area contributed by atoms with Gasteiger partial charge in [0.2, 0.25) is 0 Å². The van der Waals surface area contributed by atoms with E-state index in [1.165, 1.54) is 7.11 Å². The zero-order chi connectivity index (χ0) is 13.4. The van der Waals surface area contributed by atoms with E-state index in [2.05, 4.69) is 5.32 Å². The Morgan fingerprint density at radius 1 is 1.22 bits per heavy atom. The van der Waals surface area contributed by atoms with E-state index < -0.39 is 5.54 Å². The Kier molecular flexibility index (Phi) is 3.70. The normalized spacial score (nSPS) is 23.6. The van der Waals surface area contributed by atoms with Gasteiger partial charge in [-0.05, 0) is 52.4 Å². The molecule has 1 N–H and O–H groups in total. The lowest BCUT2D eigenvalue weighted by Crippen LogP contribution is -2.59. The maximum atomic E-state index is 12.2. The van der Waals surface area contributed by atoms with Gasteiger partial charge in [0.15, 0.2) is 0 Å². The van der Waals surface area contributed by atoms with Gasteiger partial charge < -0.3 is 9.47 Å². The fourth-order valence-corrected chi connectivity index (χ4v) is 2.24. The predicted octanol–water partition coefficient (Wildman–Crippen LogP) is 1.88. The smallest absolute Gasteiger partial charge is 0.328 e. The average molecular weight is 255 g/mol. The van der Waals surface area contributed by atoms with Crippen molar-refractivity contribution in [1.29, 1.82) is 0 Å². The van der Waals surface area contributed by atoms with Gasteiger partial charge in [-0.2, -0.15) is 0 Å². The minimum absolute atomic E-state index is 0.166. The van der Waals surface area contributed by atoms with E-state index in [1.807, 2.05) is 20.8 Å². The highest BCUT2D eigenvalue weighted by atomic mass is 16.5. The van der Waals surface area contributed by atoms with Gasteiger partial charge in [-0.3, -0.25) is 5.32 Å². The molecule has 2 aliphatic rings. The van der Waals surface area contributed by atoms with E-state index in [1.54, 1.807) is 0 Å². The Labute approximate surface area is 109 Å². The van der Waals surface area contributed by atoms with Crippen molar-refractivity contribution in [3.05, 3.63) is 0 Å². The van der Waals surface area contributed by atoms with Gasteiger partial charge in [-0.25, -0.2) is 4.79 Å². The van der Waals surface area contributed by atoms with Crippen LogP contribution in [-0.2, 0) is 14.3 Å². The second kappa shape index (κ2) is 4.82. The highest BCUT2D eigenvalue weighted by Gasteiger charge is 2.54. The van der Waals surface area contributed by atoms with Crippen molar-refractivity contribution < 1.29 is 14.3 Å². The first-order chi connectivity index (χ1) is 8.37. The van der Waals surface area contributed by atoms with Crippen molar-refractivity contribution in [3.63, 3.8) is 0 Å². The van der Waals surface area contributed by atoms with Crippen LogP contribution in [0.1, 0.15) is 46.5 Å². The van der Waals surface area contributed by atoms with Crippen molar-refractivity contribution in [3.8, 4) is 0 Å². The third-order valence-corrected chi connectivity index (χ3v) is 3.60. The minimum Gasteiger partial charge on any atom is -0.468 e. The molecular formula is C14H25NO3. The molecule has 2 fully saturated rings. The Morgan fingerprint density at radius 3 is 2.22 bits per heavy atom. The summed E-state index contributed by atoms with van der Waals surface area (Å²) < 4.78 is 10.9. The van der Waals surface area contributed by atoms with Crippen molar-refractivity contribution in [2.75, 3.05) is 13.7 Å². The SMILES string of the molecule is COC(=O)C(COC(C)(C)C)(NC1CC1)C1CC1. The molecule has 1 unspecified atom stereocenters. The Bertz CT molecular complexity index is 315. The molecule has 0 amide bonds. The Morgan fingerprint density at radius 2 is 1.83 bits per heavy atom. The van der Waals surface area contributed by atoms with Crippen LogP contribution in [0.5, 0.6) is 0 Å². The summed E-state index contributed by atoms with van der Waals surface area (Å²) in [5, 5.41) is 3.49. The number of esters is 1. The lowest BCUT2D eigenvalue weighted by molar-refractivity contribution is -0.156. The van der Waals surface area contributed by atoms with Gasteiger partial charge >= 0.3 is 5.97 Å². The molecule has 0 radical (unpaired) electrons. The van der Waals surface area contributed by atoms with Crippen molar-refractivity contribution in [2.24, 2.45) is 5.92 Å². The van der Waals surface area contributed by atoms with E-state index in [-0.39, 0.29) is 11.6 Å². The quantitative estimate of drug-likeness (QED) is 0.736. The second-order valence-electron chi connectivity index (χ2n) is 6.56. The molecular weight excluding hydrogens is 230 g/mol. The molecule has 0 aromatic carbocycles. The van der Waals surface area contributed by atoms with Gasteiger partial charge in [0.1, 0.15) is 5.54 Å². The number of carbonyl (C=O) groups is 1. The average Bonchev–Trinajstić information content (AvgIpc) is 3.13. The highest BCUT2D eigenvalue weighted by molar-refractivity contribution is 5.82. The molecule has 0 heterocycles. The van der Waals surface area contributed by atoms with Gasteiger partial charge in [-0.1, -0.05) is 0 Å². The predicted molar refractivity (Wildman–Crippen MR) is 69.3 cm³/mol. The molecule has 4 nitrogen and oxygen atoms in total. The van der Waals surface area contributed by atoms with Crippen molar-refractivity contribution in [1.82, 2.24) is 5.32 Å². The molecule has 2 rings (SSSR count). The molecule has 0 aromatic heterocycles. The number of rotatable bonds is 6. The molecule has 0 aromatic rings. The zero-order valence-corrected chi connectivity index (χ0v) is 11.9. The van der Waals surface area contributed by atoms with E-state index >= 15 is 0 Å². The summed E-state index contributed by atoms with van der Waals surface area (Å²) in [5.41, 5.74) is -0.859. The summed E-state index contributed by atoms with van der Waals surface area (Å²) in [4.78, 5) is 12.2. The summed E-state index contributed by atoms with van der Waals surface area (Å²) in [6.45, 7) is 6.45. The first kappa shape index (κ1) is 13.8. The summed E-state index contributed by atoms with van der Waals surface area (Å²) in [7, 11) is 1.46. The van der Waals surface area contributed by atoms with Gasteiger partial charge in [0.05, 0.1) is 19.3 Å². The maximum absolute atomic E-state index is 12.2. The molecule has 0 saturated heterocycles. The number of hydrogen-bond acceptors (Lipinski definition) is 4. The van der Waals surface area contributed by atoms with Crippen LogP contribution < -0.4 is 5.32 Å². The molecule has 4 heteroatoms. The lowest BCUT2D eigenvalue weighted by atomic mass is 9.93. The number of nitrogens with one attached hydrogen (secondary N) is 1. The summed E-state index contributed by atoms with van der Waals surface area (Å²) >= 11 is 0. The molecule has 2 aliphatic carbocycles. The number of carbonyl (C=O) groups excluding carboxylic acids is 1. The van der Waals surface area contributed by atoms with Gasteiger partial charge in [0.25, 0.3) is 0 Å². The van der Waals surface area contributed by atoms with Crippen LogP contribution >= 0.6 is 0 Å². The monoisotopic (exact) mass is 255 g/mol. The fourth-order valence-electron chi connectivity index (χ4n) is 2.24. The van der Waals surface area contributed by atoms with E-state index in [9.17, 15) is 4.79 Å².